The zero-order valence-corrected chi connectivity index (χ0v) is 12.6. The van der Waals surface area contributed by atoms with Crippen molar-refractivity contribution in [2.24, 2.45) is 5.14 Å². The monoisotopic (exact) mass is 326 g/mol. The lowest BCUT2D eigenvalue weighted by Crippen LogP contribution is -2.25. The van der Waals surface area contributed by atoms with Crippen LogP contribution in [-0.4, -0.2) is 41.3 Å². The molecule has 1 aromatic heterocycles. The van der Waals surface area contributed by atoms with E-state index < -0.39 is 25.8 Å². The Morgan fingerprint density at radius 3 is 2.47 bits per heavy atom. The predicted molar refractivity (Wildman–Crippen MR) is 72.4 cm³/mol. The summed E-state index contributed by atoms with van der Waals surface area (Å²) in [6.07, 6.45) is 1.42. The van der Waals surface area contributed by atoms with Crippen molar-refractivity contribution >= 4 is 37.1 Å². The Labute approximate surface area is 115 Å². The van der Waals surface area contributed by atoms with Crippen molar-refractivity contribution in [3.8, 4) is 0 Å². The molecule has 0 spiro atoms. The van der Waals surface area contributed by atoms with Crippen LogP contribution in [0.25, 0.3) is 0 Å². The van der Waals surface area contributed by atoms with Gasteiger partial charge in [0.1, 0.15) is 14.0 Å². The molecule has 0 saturated carbocycles. The molecule has 0 aliphatic carbocycles. The maximum Gasteiger partial charge on any atom is 0.252 e. The first-order valence-electron chi connectivity index (χ1n) is 5.17. The van der Waals surface area contributed by atoms with E-state index in [2.05, 4.69) is 5.32 Å². The number of amides is 1. The number of hydrogen-bond donors (Lipinski definition) is 2. The fourth-order valence-electron chi connectivity index (χ4n) is 1.22. The van der Waals surface area contributed by atoms with Crippen LogP contribution in [0.15, 0.2) is 15.7 Å². The van der Waals surface area contributed by atoms with Gasteiger partial charge in [0.15, 0.2) is 0 Å². The van der Waals surface area contributed by atoms with Gasteiger partial charge in [-0.25, -0.2) is 22.0 Å². The summed E-state index contributed by atoms with van der Waals surface area (Å²) >= 11 is 0.859. The highest BCUT2D eigenvalue weighted by Crippen LogP contribution is 2.18. The van der Waals surface area contributed by atoms with Gasteiger partial charge in [-0.1, -0.05) is 0 Å². The van der Waals surface area contributed by atoms with Crippen LogP contribution in [-0.2, 0) is 19.9 Å². The standard InChI is InChI=1S/C9H14N2O5S3/c1-18(13,14)4-2-3-11-9(12)7-5-8(17-6-7)19(10,15)16/h5-6H,2-4H2,1H3,(H,11,12)(H2,10,15,16). The number of nitrogens with one attached hydrogen (secondary N) is 1. The lowest BCUT2D eigenvalue weighted by Gasteiger charge is -2.02. The molecular formula is C9H14N2O5S3. The van der Waals surface area contributed by atoms with Crippen LogP contribution in [0.4, 0.5) is 0 Å². The Balaban J connectivity index is 2.53. The number of hydrogen-bond acceptors (Lipinski definition) is 6. The van der Waals surface area contributed by atoms with E-state index in [1.807, 2.05) is 0 Å². The predicted octanol–water partition coefficient (Wildman–Crippen LogP) is -0.440. The van der Waals surface area contributed by atoms with Crippen LogP contribution >= 0.6 is 11.3 Å². The normalized spacial score (nSPS) is 12.3. The van der Waals surface area contributed by atoms with Gasteiger partial charge in [0, 0.05) is 18.2 Å². The summed E-state index contributed by atoms with van der Waals surface area (Å²) < 4.78 is 43.7. The quantitative estimate of drug-likeness (QED) is 0.686. The van der Waals surface area contributed by atoms with Gasteiger partial charge in [0.2, 0.25) is 10.0 Å². The molecule has 0 aliphatic rings. The van der Waals surface area contributed by atoms with Crippen LogP contribution < -0.4 is 10.5 Å². The SMILES string of the molecule is CS(=O)(=O)CCCNC(=O)c1csc(S(N)(=O)=O)c1. The smallest absolute Gasteiger partial charge is 0.252 e. The summed E-state index contributed by atoms with van der Waals surface area (Å²) in [5.74, 6) is -0.473. The minimum absolute atomic E-state index is 0.0145. The highest BCUT2D eigenvalue weighted by atomic mass is 32.2. The van der Waals surface area contributed by atoms with E-state index in [0.29, 0.717) is 6.42 Å². The average Bonchev–Trinajstić information content (AvgIpc) is 2.71. The Kier molecular flexibility index (Phi) is 5.07. The first-order valence-corrected chi connectivity index (χ1v) is 9.65. The number of carbonyl (C=O) groups excluding carboxylic acids is 1. The van der Waals surface area contributed by atoms with Crippen molar-refractivity contribution in [1.82, 2.24) is 5.32 Å². The van der Waals surface area contributed by atoms with E-state index in [-0.39, 0.29) is 22.1 Å². The molecule has 1 rings (SSSR count). The van der Waals surface area contributed by atoms with Crippen LogP contribution in [0.2, 0.25) is 0 Å². The molecule has 0 atom stereocenters. The molecule has 0 saturated heterocycles. The molecule has 108 valence electrons. The molecule has 7 nitrogen and oxygen atoms in total. The second-order valence-electron chi connectivity index (χ2n) is 3.94. The number of primary sulfonamides is 1. The Bertz CT molecular complexity index is 660. The van der Waals surface area contributed by atoms with Gasteiger partial charge in [-0.15, -0.1) is 11.3 Å². The summed E-state index contributed by atoms with van der Waals surface area (Å²) in [5, 5.41) is 8.81. The van der Waals surface area contributed by atoms with Crippen LogP contribution in [0.3, 0.4) is 0 Å². The third-order valence-electron chi connectivity index (χ3n) is 2.10. The van der Waals surface area contributed by atoms with Crippen molar-refractivity contribution in [3.05, 3.63) is 17.0 Å². The first kappa shape index (κ1) is 16.1. The van der Waals surface area contributed by atoms with Crippen molar-refractivity contribution in [1.29, 1.82) is 0 Å². The minimum atomic E-state index is -3.80. The lowest BCUT2D eigenvalue weighted by molar-refractivity contribution is 0.0954. The Morgan fingerprint density at radius 1 is 1.37 bits per heavy atom. The van der Waals surface area contributed by atoms with Gasteiger partial charge < -0.3 is 5.32 Å². The van der Waals surface area contributed by atoms with Crippen molar-refractivity contribution < 1.29 is 21.6 Å². The van der Waals surface area contributed by atoms with E-state index in [0.717, 1.165) is 17.6 Å². The molecule has 1 amide bonds. The van der Waals surface area contributed by atoms with Gasteiger partial charge in [0.25, 0.3) is 5.91 Å². The van der Waals surface area contributed by atoms with Crippen molar-refractivity contribution in [2.75, 3.05) is 18.6 Å². The minimum Gasteiger partial charge on any atom is -0.352 e. The highest BCUT2D eigenvalue weighted by molar-refractivity contribution is 7.91. The summed E-state index contributed by atoms with van der Waals surface area (Å²) in [6.45, 7) is 0.201. The number of nitrogens with two attached hydrogens (primary N) is 1. The van der Waals surface area contributed by atoms with Gasteiger partial charge in [-0.2, -0.15) is 0 Å². The Hall–Kier alpha value is -0.970. The third-order valence-corrected chi connectivity index (χ3v) is 5.51. The summed E-state index contributed by atoms with van der Waals surface area (Å²) in [6, 6.07) is 1.19. The fraction of sp³-hybridized carbons (Fsp3) is 0.444. The summed E-state index contributed by atoms with van der Waals surface area (Å²) in [4.78, 5) is 11.6. The van der Waals surface area contributed by atoms with Crippen molar-refractivity contribution in [2.45, 2.75) is 10.6 Å². The molecule has 0 unspecified atom stereocenters. The molecule has 19 heavy (non-hydrogen) atoms. The van der Waals surface area contributed by atoms with E-state index in [9.17, 15) is 21.6 Å². The molecule has 3 N–H and O–H groups in total. The molecule has 0 aromatic carbocycles. The topological polar surface area (TPSA) is 123 Å². The van der Waals surface area contributed by atoms with E-state index in [1.54, 1.807) is 0 Å². The average molecular weight is 326 g/mol. The van der Waals surface area contributed by atoms with Gasteiger partial charge >= 0.3 is 0 Å². The molecule has 1 heterocycles. The molecule has 1 aromatic rings. The van der Waals surface area contributed by atoms with E-state index in [4.69, 9.17) is 5.14 Å². The number of carbonyl (C=O) groups is 1. The van der Waals surface area contributed by atoms with E-state index in [1.165, 1.54) is 11.4 Å². The molecule has 0 bridgehead atoms. The zero-order chi connectivity index (χ0) is 14.7. The number of sulfonamides is 1. The second-order valence-corrected chi connectivity index (χ2v) is 8.90. The van der Waals surface area contributed by atoms with Gasteiger partial charge in [0.05, 0.1) is 11.3 Å². The maximum absolute atomic E-state index is 11.6. The van der Waals surface area contributed by atoms with Crippen LogP contribution in [0, 0.1) is 0 Å². The number of sulfone groups is 1. The molecular weight excluding hydrogens is 312 g/mol. The molecule has 0 aliphatic heterocycles. The molecule has 0 radical (unpaired) electrons. The largest absolute Gasteiger partial charge is 0.352 e. The molecule has 0 fully saturated rings. The maximum atomic E-state index is 11.6. The number of rotatable bonds is 6. The van der Waals surface area contributed by atoms with Gasteiger partial charge in [-0.05, 0) is 12.5 Å². The fourth-order valence-corrected chi connectivity index (χ4v) is 3.48. The van der Waals surface area contributed by atoms with Crippen LogP contribution in [0.1, 0.15) is 16.8 Å². The zero-order valence-electron chi connectivity index (χ0n) is 10.1. The highest BCUT2D eigenvalue weighted by Gasteiger charge is 2.15. The second kappa shape index (κ2) is 5.99. The first-order chi connectivity index (χ1) is 8.59. The summed E-state index contributed by atoms with van der Waals surface area (Å²) in [7, 11) is -6.85. The Morgan fingerprint density at radius 2 is 2.00 bits per heavy atom. The van der Waals surface area contributed by atoms with Crippen LogP contribution in [0.5, 0.6) is 0 Å². The third kappa shape index (κ3) is 5.68. The summed E-state index contributed by atoms with van der Waals surface area (Å²) in [5.41, 5.74) is 0.188. The molecule has 10 heteroatoms. The van der Waals surface area contributed by atoms with Gasteiger partial charge in [-0.3, -0.25) is 4.79 Å². The van der Waals surface area contributed by atoms with Crippen molar-refractivity contribution in [3.63, 3.8) is 0 Å². The van der Waals surface area contributed by atoms with E-state index >= 15 is 0 Å². The lowest BCUT2D eigenvalue weighted by atomic mass is 10.3. The number of thiophene rings is 1.